The number of nitrogens with zero attached hydrogens (tertiary/aromatic N) is 1. The van der Waals surface area contributed by atoms with Gasteiger partial charge in [-0.3, -0.25) is 4.99 Å². The highest BCUT2D eigenvalue weighted by molar-refractivity contribution is 14.0. The largest absolute Gasteiger partial charge is 0.354 e. The van der Waals surface area contributed by atoms with Crippen molar-refractivity contribution in [1.82, 2.24) is 10.6 Å². The average molecular weight is 413 g/mol. The fourth-order valence-corrected chi connectivity index (χ4v) is 3.37. The Morgan fingerprint density at radius 1 is 1.05 bits per heavy atom. The molecular formula is C18H28IN3. The van der Waals surface area contributed by atoms with E-state index in [0.29, 0.717) is 18.0 Å². The molecule has 2 atom stereocenters. The molecule has 0 bridgehead atoms. The monoisotopic (exact) mass is 413 g/mol. The predicted octanol–water partition coefficient (Wildman–Crippen LogP) is 3.90. The van der Waals surface area contributed by atoms with Gasteiger partial charge in [0.05, 0.1) is 0 Å². The molecule has 4 heteroatoms. The molecule has 0 aliphatic heterocycles. The molecule has 1 aromatic rings. The number of aliphatic imine (C=N–C) groups is 1. The molecule has 0 aromatic heterocycles. The third-order valence-electron chi connectivity index (χ3n) is 4.92. The van der Waals surface area contributed by atoms with Gasteiger partial charge in [0.25, 0.3) is 0 Å². The maximum absolute atomic E-state index is 4.40. The molecule has 3 nitrogen and oxygen atoms in total. The van der Waals surface area contributed by atoms with Crippen LogP contribution in [0.25, 0.3) is 0 Å². The molecular weight excluding hydrogens is 385 g/mol. The number of rotatable bonds is 3. The van der Waals surface area contributed by atoms with Crippen molar-refractivity contribution >= 4 is 29.9 Å². The van der Waals surface area contributed by atoms with Crippen LogP contribution in [0.2, 0.25) is 0 Å². The van der Waals surface area contributed by atoms with Crippen LogP contribution in [0.4, 0.5) is 0 Å². The zero-order valence-corrected chi connectivity index (χ0v) is 15.9. The van der Waals surface area contributed by atoms with Gasteiger partial charge >= 0.3 is 0 Å². The van der Waals surface area contributed by atoms with Gasteiger partial charge in [-0.25, -0.2) is 0 Å². The van der Waals surface area contributed by atoms with E-state index in [4.69, 9.17) is 0 Å². The Kier molecular flexibility index (Phi) is 6.53. The molecule has 2 unspecified atom stereocenters. The topological polar surface area (TPSA) is 36.4 Å². The van der Waals surface area contributed by atoms with Crippen LogP contribution < -0.4 is 10.6 Å². The molecule has 2 N–H and O–H groups in total. The highest BCUT2D eigenvalue weighted by atomic mass is 127. The van der Waals surface area contributed by atoms with Crippen LogP contribution in [0.3, 0.4) is 0 Å². The van der Waals surface area contributed by atoms with Crippen molar-refractivity contribution in [1.29, 1.82) is 0 Å². The molecule has 122 valence electrons. The molecule has 1 aromatic carbocycles. The number of guanidine groups is 1. The summed E-state index contributed by atoms with van der Waals surface area (Å²) >= 11 is 0. The Balaban J connectivity index is 0.00000176. The molecule has 3 rings (SSSR count). The van der Waals surface area contributed by atoms with E-state index in [1.54, 1.807) is 0 Å². The van der Waals surface area contributed by atoms with E-state index >= 15 is 0 Å². The second-order valence-electron chi connectivity index (χ2n) is 6.68. The highest BCUT2D eigenvalue weighted by Gasteiger charge is 2.39. The van der Waals surface area contributed by atoms with Gasteiger partial charge in [0, 0.05) is 25.0 Å². The lowest BCUT2D eigenvalue weighted by Crippen LogP contribution is -2.45. The normalized spacial score (nSPS) is 31.1. The zero-order valence-electron chi connectivity index (χ0n) is 13.6. The minimum atomic E-state index is 0. The fourth-order valence-electron chi connectivity index (χ4n) is 3.37. The third-order valence-corrected chi connectivity index (χ3v) is 4.92. The van der Waals surface area contributed by atoms with Gasteiger partial charge < -0.3 is 10.6 Å². The predicted molar refractivity (Wildman–Crippen MR) is 104 cm³/mol. The van der Waals surface area contributed by atoms with E-state index in [-0.39, 0.29) is 24.0 Å². The molecule has 0 radical (unpaired) electrons. The van der Waals surface area contributed by atoms with Crippen LogP contribution in [0.5, 0.6) is 0 Å². The molecule has 0 amide bonds. The Hall–Kier alpha value is -0.780. The molecule has 2 aliphatic rings. The van der Waals surface area contributed by atoms with Gasteiger partial charge in [0.15, 0.2) is 5.96 Å². The van der Waals surface area contributed by atoms with Crippen LogP contribution >= 0.6 is 24.0 Å². The number of hydrogen-bond acceptors (Lipinski definition) is 1. The minimum Gasteiger partial charge on any atom is -0.354 e. The summed E-state index contributed by atoms with van der Waals surface area (Å²) in [6.45, 7) is 2.36. The zero-order chi connectivity index (χ0) is 14.7. The summed E-state index contributed by atoms with van der Waals surface area (Å²) in [5.74, 6) is 2.53. The summed E-state index contributed by atoms with van der Waals surface area (Å²) in [6.07, 6.45) is 6.44. The number of halogens is 1. The average Bonchev–Trinajstić information content (AvgIpc) is 3.29. The van der Waals surface area contributed by atoms with Crippen molar-refractivity contribution < 1.29 is 0 Å². The van der Waals surface area contributed by atoms with E-state index in [9.17, 15) is 0 Å². The maximum Gasteiger partial charge on any atom is 0.191 e. The first kappa shape index (κ1) is 17.6. The summed E-state index contributed by atoms with van der Waals surface area (Å²) in [5, 5.41) is 7.20. The molecule has 0 heterocycles. The van der Waals surface area contributed by atoms with E-state index < -0.39 is 0 Å². The molecule has 0 saturated heterocycles. The van der Waals surface area contributed by atoms with Gasteiger partial charge in [-0.05, 0) is 43.6 Å². The van der Waals surface area contributed by atoms with Crippen LogP contribution in [-0.2, 0) is 0 Å². The maximum atomic E-state index is 4.40. The highest BCUT2D eigenvalue weighted by Crippen LogP contribution is 2.40. The third kappa shape index (κ3) is 4.61. The first-order valence-electron chi connectivity index (χ1n) is 8.31. The second-order valence-corrected chi connectivity index (χ2v) is 6.68. The van der Waals surface area contributed by atoms with Crippen molar-refractivity contribution in [3.63, 3.8) is 0 Å². The van der Waals surface area contributed by atoms with Gasteiger partial charge in [-0.15, -0.1) is 24.0 Å². The quantitative estimate of drug-likeness (QED) is 0.448. The lowest BCUT2D eigenvalue weighted by atomic mass is 9.87. The summed E-state index contributed by atoms with van der Waals surface area (Å²) < 4.78 is 0. The van der Waals surface area contributed by atoms with Gasteiger partial charge in [-0.1, -0.05) is 37.3 Å². The van der Waals surface area contributed by atoms with Crippen LogP contribution in [0.15, 0.2) is 35.3 Å². The lowest BCUT2D eigenvalue weighted by Gasteiger charge is -2.28. The van der Waals surface area contributed by atoms with E-state index in [1.807, 2.05) is 7.05 Å². The lowest BCUT2D eigenvalue weighted by molar-refractivity contribution is 0.329. The summed E-state index contributed by atoms with van der Waals surface area (Å²) in [7, 11) is 1.88. The van der Waals surface area contributed by atoms with Gasteiger partial charge in [-0.2, -0.15) is 0 Å². The molecule has 2 saturated carbocycles. The molecule has 22 heavy (non-hydrogen) atoms. The van der Waals surface area contributed by atoms with Crippen LogP contribution in [-0.4, -0.2) is 25.1 Å². The van der Waals surface area contributed by atoms with Gasteiger partial charge in [0.1, 0.15) is 0 Å². The smallest absolute Gasteiger partial charge is 0.191 e. The van der Waals surface area contributed by atoms with Crippen molar-refractivity contribution in [3.05, 3.63) is 35.9 Å². The minimum absolute atomic E-state index is 0. The van der Waals surface area contributed by atoms with Gasteiger partial charge in [0.2, 0.25) is 0 Å². The molecule has 0 spiro atoms. The first-order chi connectivity index (χ1) is 10.3. The number of nitrogens with one attached hydrogen (secondary N) is 2. The molecule has 2 fully saturated rings. The van der Waals surface area contributed by atoms with Crippen LogP contribution in [0, 0.1) is 5.92 Å². The standard InChI is InChI=1S/C18H27N3.HI/c1-13-8-10-15(11-9-13)20-18(19-2)21-17-12-16(17)14-6-4-3-5-7-14;/h3-7,13,15-17H,8-12H2,1-2H3,(H2,19,20,21);1H. The Morgan fingerprint density at radius 2 is 1.73 bits per heavy atom. The van der Waals surface area contributed by atoms with Crippen molar-refractivity contribution in [2.24, 2.45) is 10.9 Å². The van der Waals surface area contributed by atoms with E-state index in [0.717, 1.165) is 11.9 Å². The molecule has 2 aliphatic carbocycles. The number of benzene rings is 1. The summed E-state index contributed by atoms with van der Waals surface area (Å²) in [4.78, 5) is 4.40. The Morgan fingerprint density at radius 3 is 2.36 bits per heavy atom. The van der Waals surface area contributed by atoms with E-state index in [2.05, 4.69) is 52.9 Å². The summed E-state index contributed by atoms with van der Waals surface area (Å²) in [5.41, 5.74) is 1.44. The Bertz CT molecular complexity index is 480. The van der Waals surface area contributed by atoms with Crippen molar-refractivity contribution in [2.75, 3.05) is 7.05 Å². The van der Waals surface area contributed by atoms with Crippen LogP contribution in [0.1, 0.15) is 50.5 Å². The SMILES string of the molecule is CN=C(NC1CCC(C)CC1)NC1CC1c1ccccc1.I. The van der Waals surface area contributed by atoms with Crippen molar-refractivity contribution in [2.45, 2.75) is 57.0 Å². The van der Waals surface area contributed by atoms with E-state index in [1.165, 1.54) is 37.7 Å². The Labute approximate surface area is 151 Å². The van der Waals surface area contributed by atoms with Crippen molar-refractivity contribution in [3.8, 4) is 0 Å². The number of hydrogen-bond donors (Lipinski definition) is 2. The fraction of sp³-hybridized carbons (Fsp3) is 0.611. The summed E-state index contributed by atoms with van der Waals surface area (Å²) in [6, 6.07) is 11.9. The second kappa shape index (κ2) is 8.18. The first-order valence-corrected chi connectivity index (χ1v) is 8.31.